The SMILES string of the molecule is CCOc1ccc(C(=O)COC(=O)[C@@H]2CC(=O)N(c3cccc(SC)c3)C2)cc1. The highest BCUT2D eigenvalue weighted by Gasteiger charge is 2.36. The van der Waals surface area contributed by atoms with Crippen molar-refractivity contribution in [3.8, 4) is 5.75 Å². The van der Waals surface area contributed by atoms with Crippen LogP contribution in [0.25, 0.3) is 0 Å². The molecule has 0 saturated carbocycles. The van der Waals surface area contributed by atoms with Gasteiger partial charge in [0, 0.05) is 29.1 Å². The summed E-state index contributed by atoms with van der Waals surface area (Å²) in [7, 11) is 0. The van der Waals surface area contributed by atoms with Crippen molar-refractivity contribution in [2.75, 3.05) is 30.9 Å². The molecule has 3 rings (SSSR count). The maximum Gasteiger partial charge on any atom is 0.311 e. The lowest BCUT2D eigenvalue weighted by Crippen LogP contribution is -2.27. The van der Waals surface area contributed by atoms with E-state index in [1.165, 1.54) is 0 Å². The quantitative estimate of drug-likeness (QED) is 0.374. The number of nitrogens with zero attached hydrogens (tertiary/aromatic N) is 1. The van der Waals surface area contributed by atoms with Crippen LogP contribution < -0.4 is 9.64 Å². The Morgan fingerprint density at radius 2 is 1.93 bits per heavy atom. The van der Waals surface area contributed by atoms with Gasteiger partial charge in [0.05, 0.1) is 12.5 Å². The number of rotatable bonds is 8. The number of ether oxygens (including phenoxy) is 2. The van der Waals surface area contributed by atoms with Gasteiger partial charge in [0.2, 0.25) is 5.91 Å². The molecule has 0 aromatic heterocycles. The highest BCUT2D eigenvalue weighted by molar-refractivity contribution is 7.98. The third kappa shape index (κ3) is 5.17. The van der Waals surface area contributed by atoms with Crippen molar-refractivity contribution < 1.29 is 23.9 Å². The van der Waals surface area contributed by atoms with Crippen LogP contribution in [-0.4, -0.2) is 43.7 Å². The fourth-order valence-corrected chi connectivity index (χ4v) is 3.59. The smallest absolute Gasteiger partial charge is 0.311 e. The van der Waals surface area contributed by atoms with Gasteiger partial charge in [-0.15, -0.1) is 11.8 Å². The van der Waals surface area contributed by atoms with E-state index in [1.54, 1.807) is 40.9 Å². The first-order valence-electron chi connectivity index (χ1n) is 9.39. The molecular weight excluding hydrogens is 390 g/mol. The molecule has 1 saturated heterocycles. The zero-order valence-corrected chi connectivity index (χ0v) is 17.2. The Morgan fingerprint density at radius 1 is 1.17 bits per heavy atom. The minimum Gasteiger partial charge on any atom is -0.494 e. The highest BCUT2D eigenvalue weighted by Crippen LogP contribution is 2.28. The van der Waals surface area contributed by atoms with Crippen LogP contribution in [0.15, 0.2) is 53.4 Å². The van der Waals surface area contributed by atoms with Crippen LogP contribution in [0, 0.1) is 5.92 Å². The molecule has 152 valence electrons. The molecular formula is C22H23NO5S. The predicted octanol–water partition coefficient (Wildman–Crippen LogP) is 3.59. The average Bonchev–Trinajstić information content (AvgIpc) is 3.14. The maximum absolute atomic E-state index is 12.4. The van der Waals surface area contributed by atoms with Gasteiger partial charge >= 0.3 is 5.97 Å². The second-order valence-electron chi connectivity index (χ2n) is 6.60. The van der Waals surface area contributed by atoms with Gasteiger partial charge in [-0.2, -0.15) is 0 Å². The van der Waals surface area contributed by atoms with Crippen molar-refractivity contribution in [2.24, 2.45) is 5.92 Å². The Labute approximate surface area is 174 Å². The van der Waals surface area contributed by atoms with Crippen molar-refractivity contribution in [1.82, 2.24) is 0 Å². The number of carbonyl (C=O) groups excluding carboxylic acids is 3. The summed E-state index contributed by atoms with van der Waals surface area (Å²) in [6, 6.07) is 14.3. The van der Waals surface area contributed by atoms with E-state index in [9.17, 15) is 14.4 Å². The number of Topliss-reactive ketones (excluding diaryl/α,β-unsaturated/α-hetero) is 1. The van der Waals surface area contributed by atoms with Crippen molar-refractivity contribution in [2.45, 2.75) is 18.2 Å². The molecule has 6 nitrogen and oxygen atoms in total. The monoisotopic (exact) mass is 413 g/mol. The number of anilines is 1. The summed E-state index contributed by atoms with van der Waals surface area (Å²) in [5, 5.41) is 0. The average molecular weight is 413 g/mol. The zero-order valence-electron chi connectivity index (χ0n) is 16.4. The number of benzene rings is 2. The molecule has 7 heteroatoms. The molecule has 0 N–H and O–H groups in total. The summed E-state index contributed by atoms with van der Waals surface area (Å²) in [4.78, 5) is 39.7. The van der Waals surface area contributed by atoms with E-state index in [1.807, 2.05) is 37.4 Å². The largest absolute Gasteiger partial charge is 0.494 e. The number of esters is 1. The van der Waals surface area contributed by atoms with Gasteiger partial charge in [-0.25, -0.2) is 0 Å². The summed E-state index contributed by atoms with van der Waals surface area (Å²) in [6.45, 7) is 2.34. The highest BCUT2D eigenvalue weighted by atomic mass is 32.2. The fourth-order valence-electron chi connectivity index (χ4n) is 3.13. The minimum atomic E-state index is -0.575. The number of thioether (sulfide) groups is 1. The molecule has 29 heavy (non-hydrogen) atoms. The summed E-state index contributed by atoms with van der Waals surface area (Å²) in [5.74, 6) is -0.843. The van der Waals surface area contributed by atoms with Crippen molar-refractivity contribution >= 4 is 35.1 Å². The maximum atomic E-state index is 12.4. The van der Waals surface area contributed by atoms with E-state index < -0.39 is 11.9 Å². The zero-order chi connectivity index (χ0) is 20.8. The van der Waals surface area contributed by atoms with Crippen molar-refractivity contribution in [3.05, 3.63) is 54.1 Å². The number of amides is 1. The summed E-state index contributed by atoms with van der Waals surface area (Å²) >= 11 is 1.59. The second-order valence-corrected chi connectivity index (χ2v) is 7.47. The van der Waals surface area contributed by atoms with Crippen LogP contribution in [0.4, 0.5) is 5.69 Å². The standard InChI is InChI=1S/C22H23NO5S/c1-3-27-18-9-7-15(8-10-18)20(24)14-28-22(26)16-11-21(25)23(13-16)17-5-4-6-19(12-17)29-2/h4-10,12,16H,3,11,13-14H2,1-2H3/t16-/m1/s1. The molecule has 1 heterocycles. The third-order valence-corrected chi connectivity index (χ3v) is 5.38. The normalized spacial score (nSPS) is 16.0. The first-order chi connectivity index (χ1) is 14.0. The van der Waals surface area contributed by atoms with E-state index >= 15 is 0 Å². The lowest BCUT2D eigenvalue weighted by molar-refractivity contribution is -0.147. The lowest BCUT2D eigenvalue weighted by atomic mass is 10.1. The molecule has 1 atom stereocenters. The van der Waals surface area contributed by atoms with Gasteiger partial charge in [-0.1, -0.05) is 6.07 Å². The molecule has 1 amide bonds. The number of hydrogen-bond acceptors (Lipinski definition) is 6. The molecule has 0 aliphatic carbocycles. The van der Waals surface area contributed by atoms with Crippen LogP contribution in [0.2, 0.25) is 0 Å². The lowest BCUT2D eigenvalue weighted by Gasteiger charge is -2.17. The van der Waals surface area contributed by atoms with Gasteiger partial charge in [0.15, 0.2) is 12.4 Å². The van der Waals surface area contributed by atoms with Crippen LogP contribution >= 0.6 is 11.8 Å². The summed E-state index contributed by atoms with van der Waals surface area (Å²) < 4.78 is 10.5. The summed E-state index contributed by atoms with van der Waals surface area (Å²) in [5.41, 5.74) is 1.21. The van der Waals surface area contributed by atoms with Crippen LogP contribution in [0.3, 0.4) is 0 Å². The van der Waals surface area contributed by atoms with Gasteiger partial charge < -0.3 is 14.4 Å². The number of carbonyl (C=O) groups is 3. The van der Waals surface area contributed by atoms with E-state index in [-0.39, 0.29) is 31.3 Å². The second kappa shape index (κ2) is 9.60. The minimum absolute atomic E-state index is 0.0829. The molecule has 0 radical (unpaired) electrons. The van der Waals surface area contributed by atoms with E-state index in [0.717, 1.165) is 10.6 Å². The van der Waals surface area contributed by atoms with Gasteiger partial charge in [0.1, 0.15) is 5.75 Å². The molecule has 0 spiro atoms. The van der Waals surface area contributed by atoms with Crippen LogP contribution in [-0.2, 0) is 14.3 Å². The molecule has 1 aliphatic heterocycles. The van der Waals surface area contributed by atoms with Gasteiger partial charge in [-0.05, 0) is 55.6 Å². The van der Waals surface area contributed by atoms with Crippen molar-refractivity contribution in [3.63, 3.8) is 0 Å². The predicted molar refractivity (Wildman–Crippen MR) is 112 cm³/mol. The van der Waals surface area contributed by atoms with Gasteiger partial charge in [0.25, 0.3) is 0 Å². The molecule has 0 bridgehead atoms. The summed E-state index contributed by atoms with van der Waals surface area (Å²) in [6.07, 6.45) is 2.05. The van der Waals surface area contributed by atoms with Crippen molar-refractivity contribution in [1.29, 1.82) is 0 Å². The fraction of sp³-hybridized carbons (Fsp3) is 0.318. The first-order valence-corrected chi connectivity index (χ1v) is 10.6. The Bertz CT molecular complexity index is 896. The van der Waals surface area contributed by atoms with E-state index in [0.29, 0.717) is 17.9 Å². The molecule has 1 aliphatic rings. The molecule has 1 fully saturated rings. The topological polar surface area (TPSA) is 72.9 Å². The molecule has 0 unspecified atom stereocenters. The first kappa shape index (κ1) is 20.9. The Morgan fingerprint density at radius 3 is 2.62 bits per heavy atom. The third-order valence-electron chi connectivity index (χ3n) is 4.66. The van der Waals surface area contributed by atoms with E-state index in [4.69, 9.17) is 9.47 Å². The van der Waals surface area contributed by atoms with Gasteiger partial charge in [-0.3, -0.25) is 14.4 Å². The Balaban J connectivity index is 1.55. The number of hydrogen-bond donors (Lipinski definition) is 0. The van der Waals surface area contributed by atoms with Crippen LogP contribution in [0.1, 0.15) is 23.7 Å². The Kier molecular flexibility index (Phi) is 6.93. The molecule has 2 aromatic rings. The van der Waals surface area contributed by atoms with E-state index in [2.05, 4.69) is 0 Å². The van der Waals surface area contributed by atoms with Crippen LogP contribution in [0.5, 0.6) is 5.75 Å². The Hall–Kier alpha value is -2.80. The number of ketones is 1. The molecule has 2 aromatic carbocycles.